The lowest BCUT2D eigenvalue weighted by Crippen LogP contribution is -2.08. The Morgan fingerprint density at radius 2 is 1.14 bits per heavy atom. The van der Waals surface area contributed by atoms with E-state index < -0.39 is 0 Å². The van der Waals surface area contributed by atoms with Crippen molar-refractivity contribution in [3.8, 4) is 16.9 Å². The summed E-state index contributed by atoms with van der Waals surface area (Å²) in [6.45, 7) is 9.69. The van der Waals surface area contributed by atoms with Gasteiger partial charge in [0.05, 0.1) is 11.7 Å². The smallest absolute Gasteiger partial charge is 0.343 e. The fraction of sp³-hybridized carbons (Fsp3) is 0.513. The second-order valence-electron chi connectivity index (χ2n) is 11.8. The van der Waals surface area contributed by atoms with E-state index in [4.69, 9.17) is 9.47 Å². The highest BCUT2D eigenvalue weighted by molar-refractivity contribution is 5.91. The van der Waals surface area contributed by atoms with Crippen LogP contribution in [0.1, 0.15) is 145 Å². The van der Waals surface area contributed by atoms with Gasteiger partial charge in [-0.1, -0.05) is 134 Å². The van der Waals surface area contributed by atoms with Crippen LogP contribution in [0.2, 0.25) is 0 Å². The maximum atomic E-state index is 12.8. The molecule has 0 amide bonds. The molecule has 0 aliphatic rings. The zero-order valence-electron chi connectivity index (χ0n) is 26.7. The molecule has 0 bridgehead atoms. The zero-order chi connectivity index (χ0) is 30.0. The van der Waals surface area contributed by atoms with Crippen LogP contribution in [0.4, 0.5) is 0 Å². The van der Waals surface area contributed by atoms with Gasteiger partial charge in [-0.25, -0.2) is 4.79 Å². The van der Waals surface area contributed by atoms with Crippen molar-refractivity contribution in [1.82, 2.24) is 0 Å². The highest BCUT2D eigenvalue weighted by Gasteiger charge is 2.13. The molecule has 0 saturated heterocycles. The molecule has 3 aromatic rings. The van der Waals surface area contributed by atoms with Crippen LogP contribution in [-0.2, 0) is 4.74 Å². The lowest BCUT2D eigenvalue weighted by Gasteiger charge is -2.16. The van der Waals surface area contributed by atoms with Gasteiger partial charge in [0.2, 0.25) is 0 Å². The standard InChI is InChI=1S/C39H54O3/c1-5-8-10-11-12-13-14-15-30-41-31(4)32-18-20-34(21-19-32)35-22-24-37(25-23-35)39(40)42-38-28-26-36(27-29-38)33(16-7-3)17-9-6-2/h18-29,31,33H,5-17,30H2,1-4H3. The molecule has 3 aromatic carbocycles. The van der Waals surface area contributed by atoms with Gasteiger partial charge in [0, 0.05) is 6.61 Å². The summed E-state index contributed by atoms with van der Waals surface area (Å²) in [5, 5.41) is 0. The van der Waals surface area contributed by atoms with Crippen LogP contribution in [0, 0.1) is 0 Å². The lowest BCUT2D eigenvalue weighted by molar-refractivity contribution is 0.0627. The number of esters is 1. The largest absolute Gasteiger partial charge is 0.423 e. The van der Waals surface area contributed by atoms with E-state index in [-0.39, 0.29) is 12.1 Å². The molecule has 0 aliphatic heterocycles. The van der Waals surface area contributed by atoms with Crippen LogP contribution in [-0.4, -0.2) is 12.6 Å². The molecular weight excluding hydrogens is 516 g/mol. The quantitative estimate of drug-likeness (QED) is 0.0770. The fourth-order valence-corrected chi connectivity index (χ4v) is 5.59. The first-order valence-electron chi connectivity index (χ1n) is 16.7. The van der Waals surface area contributed by atoms with Crippen LogP contribution in [0.25, 0.3) is 11.1 Å². The summed E-state index contributed by atoms with van der Waals surface area (Å²) in [5.74, 6) is 0.841. The molecular formula is C39H54O3. The molecule has 0 saturated carbocycles. The minimum absolute atomic E-state index is 0.0867. The molecule has 3 heteroatoms. The van der Waals surface area contributed by atoms with E-state index in [2.05, 4.69) is 64.1 Å². The third-order valence-electron chi connectivity index (χ3n) is 8.31. The lowest BCUT2D eigenvalue weighted by atomic mass is 9.90. The maximum absolute atomic E-state index is 12.8. The minimum Gasteiger partial charge on any atom is -0.423 e. The van der Waals surface area contributed by atoms with E-state index in [0.29, 0.717) is 17.2 Å². The van der Waals surface area contributed by atoms with Crippen LogP contribution in [0.3, 0.4) is 0 Å². The molecule has 0 N–H and O–H groups in total. The SMILES string of the molecule is CCCCCCCCCCOC(C)c1ccc(-c2ccc(C(=O)Oc3ccc(C(CCC)CCCC)cc3)cc2)cc1. The molecule has 2 unspecified atom stereocenters. The van der Waals surface area contributed by atoms with Crippen LogP contribution < -0.4 is 4.74 Å². The number of ether oxygens (including phenoxy) is 2. The Labute approximate surface area is 256 Å². The van der Waals surface area contributed by atoms with Gasteiger partial charge in [0.1, 0.15) is 5.75 Å². The van der Waals surface area contributed by atoms with Crippen LogP contribution in [0.5, 0.6) is 5.75 Å². The van der Waals surface area contributed by atoms with Crippen LogP contribution in [0.15, 0.2) is 72.8 Å². The predicted octanol–water partition coefficient (Wildman–Crippen LogP) is 11.9. The van der Waals surface area contributed by atoms with Gasteiger partial charge >= 0.3 is 5.97 Å². The Kier molecular flexibility index (Phi) is 15.4. The molecule has 2 atom stereocenters. The van der Waals surface area contributed by atoms with Crippen molar-refractivity contribution in [2.24, 2.45) is 0 Å². The number of unbranched alkanes of at least 4 members (excludes halogenated alkanes) is 8. The number of hydrogen-bond donors (Lipinski definition) is 0. The molecule has 0 aromatic heterocycles. The van der Waals surface area contributed by atoms with Crippen molar-refractivity contribution in [3.05, 3.63) is 89.5 Å². The topological polar surface area (TPSA) is 35.5 Å². The van der Waals surface area contributed by atoms with Gasteiger partial charge in [0.15, 0.2) is 0 Å². The molecule has 228 valence electrons. The van der Waals surface area contributed by atoms with Gasteiger partial charge in [-0.15, -0.1) is 0 Å². The molecule has 42 heavy (non-hydrogen) atoms. The first kappa shape index (κ1) is 33.6. The van der Waals surface area contributed by atoms with Crippen molar-refractivity contribution in [2.45, 2.75) is 123 Å². The van der Waals surface area contributed by atoms with Crippen molar-refractivity contribution in [2.75, 3.05) is 6.61 Å². The van der Waals surface area contributed by atoms with E-state index in [1.54, 1.807) is 0 Å². The Morgan fingerprint density at radius 1 is 0.595 bits per heavy atom. The second kappa shape index (κ2) is 19.3. The Bertz CT molecular complexity index is 1130. The second-order valence-corrected chi connectivity index (χ2v) is 11.8. The summed E-state index contributed by atoms with van der Waals surface area (Å²) >= 11 is 0. The van der Waals surface area contributed by atoms with Crippen molar-refractivity contribution in [3.63, 3.8) is 0 Å². The van der Waals surface area contributed by atoms with E-state index >= 15 is 0 Å². The Morgan fingerprint density at radius 3 is 1.74 bits per heavy atom. The molecule has 0 radical (unpaired) electrons. The van der Waals surface area contributed by atoms with Gasteiger partial charge < -0.3 is 9.47 Å². The average molecular weight is 571 g/mol. The average Bonchev–Trinajstić information content (AvgIpc) is 3.02. The van der Waals surface area contributed by atoms with Crippen LogP contribution >= 0.6 is 0 Å². The third-order valence-corrected chi connectivity index (χ3v) is 8.31. The number of carbonyl (C=O) groups is 1. The summed E-state index contributed by atoms with van der Waals surface area (Å²) < 4.78 is 11.8. The Balaban J connectivity index is 1.45. The molecule has 0 fully saturated rings. The monoisotopic (exact) mass is 570 g/mol. The molecule has 3 nitrogen and oxygen atoms in total. The first-order chi connectivity index (χ1) is 20.5. The minimum atomic E-state index is -0.330. The zero-order valence-corrected chi connectivity index (χ0v) is 26.7. The fourth-order valence-electron chi connectivity index (χ4n) is 5.59. The van der Waals surface area contributed by atoms with Gasteiger partial charge in [-0.2, -0.15) is 0 Å². The van der Waals surface area contributed by atoms with Crippen molar-refractivity contribution >= 4 is 5.97 Å². The van der Waals surface area contributed by atoms with Crippen molar-refractivity contribution in [1.29, 1.82) is 0 Å². The number of benzene rings is 3. The van der Waals surface area contributed by atoms with E-state index in [1.165, 1.54) is 88.2 Å². The predicted molar refractivity (Wildman–Crippen MR) is 177 cm³/mol. The molecule has 0 spiro atoms. The van der Waals surface area contributed by atoms with Gasteiger partial charge in [-0.05, 0) is 78.6 Å². The highest BCUT2D eigenvalue weighted by Crippen LogP contribution is 2.29. The number of carbonyl (C=O) groups excluding carboxylic acids is 1. The maximum Gasteiger partial charge on any atom is 0.343 e. The third kappa shape index (κ3) is 11.4. The van der Waals surface area contributed by atoms with Gasteiger partial charge in [0.25, 0.3) is 0 Å². The summed E-state index contributed by atoms with van der Waals surface area (Å²) in [6.07, 6.45) is 16.6. The molecule has 3 rings (SSSR count). The normalized spacial score (nSPS) is 12.7. The molecule has 0 aliphatic carbocycles. The first-order valence-corrected chi connectivity index (χ1v) is 16.7. The number of rotatable bonds is 20. The summed E-state index contributed by atoms with van der Waals surface area (Å²) in [5.41, 5.74) is 5.27. The van der Waals surface area contributed by atoms with E-state index in [0.717, 1.165) is 24.2 Å². The summed E-state index contributed by atoms with van der Waals surface area (Å²) in [7, 11) is 0. The molecule has 0 heterocycles. The Hall–Kier alpha value is -2.91. The van der Waals surface area contributed by atoms with E-state index in [9.17, 15) is 4.79 Å². The summed E-state index contributed by atoms with van der Waals surface area (Å²) in [6, 6.07) is 24.3. The summed E-state index contributed by atoms with van der Waals surface area (Å²) in [4.78, 5) is 12.8. The van der Waals surface area contributed by atoms with E-state index in [1.807, 2.05) is 36.4 Å². The van der Waals surface area contributed by atoms with Gasteiger partial charge in [-0.3, -0.25) is 0 Å². The van der Waals surface area contributed by atoms with Crippen molar-refractivity contribution < 1.29 is 14.3 Å². The highest BCUT2D eigenvalue weighted by atomic mass is 16.5. The number of hydrogen-bond acceptors (Lipinski definition) is 3.